The molecule has 0 radical (unpaired) electrons. The van der Waals surface area contributed by atoms with Crippen LogP contribution in [0.15, 0.2) is 41.3 Å². The van der Waals surface area contributed by atoms with Gasteiger partial charge in [0, 0.05) is 31.9 Å². The molecule has 10 heteroatoms. The molecule has 0 atom stereocenters. The quantitative estimate of drug-likeness (QED) is 0.781. The Morgan fingerprint density at radius 1 is 0.929 bits per heavy atom. The van der Waals surface area contributed by atoms with Gasteiger partial charge in [-0.3, -0.25) is 4.79 Å². The molecule has 2 aromatic carbocycles. The van der Waals surface area contributed by atoms with Crippen molar-refractivity contribution >= 4 is 21.6 Å². The van der Waals surface area contributed by atoms with Crippen molar-refractivity contribution in [1.82, 2.24) is 9.21 Å². The lowest BCUT2D eigenvalue weighted by Gasteiger charge is -2.31. The van der Waals surface area contributed by atoms with Gasteiger partial charge in [-0.05, 0) is 43.4 Å². The molecule has 0 bridgehead atoms. The highest BCUT2D eigenvalue weighted by Crippen LogP contribution is 2.21. The van der Waals surface area contributed by atoms with E-state index in [1.807, 2.05) is 11.9 Å². The molecule has 1 aliphatic rings. The van der Waals surface area contributed by atoms with E-state index in [2.05, 4.69) is 5.32 Å². The molecule has 1 aliphatic heterocycles. The Labute approximate surface area is 160 Å². The SMILES string of the molecule is CN1CCN(S(=O)(=O)c2ccc(NC(=O)c3ccc(F)c(F)c3F)cc2)CC1. The molecule has 6 nitrogen and oxygen atoms in total. The van der Waals surface area contributed by atoms with Crippen molar-refractivity contribution in [3.8, 4) is 0 Å². The lowest BCUT2D eigenvalue weighted by atomic mass is 10.1. The number of amides is 1. The average molecular weight is 413 g/mol. The first-order valence-electron chi connectivity index (χ1n) is 8.44. The Balaban J connectivity index is 1.74. The molecule has 1 heterocycles. The number of rotatable bonds is 4. The van der Waals surface area contributed by atoms with Crippen molar-refractivity contribution in [3.05, 3.63) is 59.4 Å². The number of sulfonamides is 1. The van der Waals surface area contributed by atoms with Crippen molar-refractivity contribution in [3.63, 3.8) is 0 Å². The zero-order valence-electron chi connectivity index (χ0n) is 15.0. The van der Waals surface area contributed by atoms with Gasteiger partial charge in [0.1, 0.15) is 0 Å². The van der Waals surface area contributed by atoms with Crippen molar-refractivity contribution in [2.24, 2.45) is 0 Å². The molecule has 0 saturated carbocycles. The first kappa shape index (κ1) is 20.3. The number of nitrogens with zero attached hydrogens (tertiary/aromatic N) is 2. The van der Waals surface area contributed by atoms with E-state index in [9.17, 15) is 26.4 Å². The summed E-state index contributed by atoms with van der Waals surface area (Å²) in [6.07, 6.45) is 0. The number of likely N-dealkylation sites (N-methyl/N-ethyl adjacent to an activating group) is 1. The maximum absolute atomic E-state index is 13.7. The van der Waals surface area contributed by atoms with Crippen LogP contribution < -0.4 is 5.32 Å². The fourth-order valence-corrected chi connectivity index (χ4v) is 4.21. The molecule has 28 heavy (non-hydrogen) atoms. The molecule has 1 fully saturated rings. The second kappa shape index (κ2) is 7.90. The number of halogens is 3. The zero-order chi connectivity index (χ0) is 20.5. The number of anilines is 1. The van der Waals surface area contributed by atoms with Crippen LogP contribution in [0.1, 0.15) is 10.4 Å². The number of benzene rings is 2. The number of piperazine rings is 1. The second-order valence-corrected chi connectivity index (χ2v) is 8.35. The predicted octanol–water partition coefficient (Wildman–Crippen LogP) is 2.29. The van der Waals surface area contributed by atoms with Crippen LogP contribution in [0, 0.1) is 17.5 Å². The fourth-order valence-electron chi connectivity index (χ4n) is 2.79. The summed E-state index contributed by atoms with van der Waals surface area (Å²) in [7, 11) is -1.74. The minimum Gasteiger partial charge on any atom is -0.322 e. The monoisotopic (exact) mass is 413 g/mol. The van der Waals surface area contributed by atoms with Gasteiger partial charge in [0.05, 0.1) is 10.5 Å². The predicted molar refractivity (Wildman–Crippen MR) is 97.0 cm³/mol. The van der Waals surface area contributed by atoms with Crippen LogP contribution in [-0.2, 0) is 10.0 Å². The highest BCUT2D eigenvalue weighted by molar-refractivity contribution is 7.89. The van der Waals surface area contributed by atoms with Gasteiger partial charge in [-0.1, -0.05) is 0 Å². The minimum atomic E-state index is -3.66. The summed E-state index contributed by atoms with van der Waals surface area (Å²) >= 11 is 0. The standard InChI is InChI=1S/C18H18F3N3O3S/c1-23-8-10-24(11-9-23)28(26,27)13-4-2-12(3-5-13)22-18(25)14-6-7-15(19)17(21)16(14)20/h2-7H,8-11H2,1H3,(H,22,25). The van der Waals surface area contributed by atoms with Crippen LogP contribution in [-0.4, -0.2) is 56.8 Å². The van der Waals surface area contributed by atoms with Crippen molar-refractivity contribution < 1.29 is 26.4 Å². The molecule has 1 amide bonds. The molecular formula is C18H18F3N3O3S. The lowest BCUT2D eigenvalue weighted by molar-refractivity contribution is 0.102. The molecule has 150 valence electrons. The first-order valence-corrected chi connectivity index (χ1v) is 9.88. The van der Waals surface area contributed by atoms with Gasteiger partial charge in [-0.2, -0.15) is 4.31 Å². The highest BCUT2D eigenvalue weighted by Gasteiger charge is 2.27. The molecule has 2 aromatic rings. The largest absolute Gasteiger partial charge is 0.322 e. The van der Waals surface area contributed by atoms with E-state index >= 15 is 0 Å². The summed E-state index contributed by atoms with van der Waals surface area (Å²) < 4.78 is 66.6. The molecule has 0 spiro atoms. The third kappa shape index (κ3) is 4.03. The van der Waals surface area contributed by atoms with Gasteiger partial charge in [-0.15, -0.1) is 0 Å². The first-order chi connectivity index (χ1) is 13.2. The third-order valence-corrected chi connectivity index (χ3v) is 6.40. The van der Waals surface area contributed by atoms with Crippen LogP contribution in [0.5, 0.6) is 0 Å². The molecule has 1 saturated heterocycles. The summed E-state index contributed by atoms with van der Waals surface area (Å²) in [5.74, 6) is -5.70. The smallest absolute Gasteiger partial charge is 0.258 e. The summed E-state index contributed by atoms with van der Waals surface area (Å²) in [6.45, 7) is 2.03. The maximum atomic E-state index is 13.7. The Morgan fingerprint density at radius 3 is 2.14 bits per heavy atom. The van der Waals surface area contributed by atoms with Crippen molar-refractivity contribution in [2.75, 3.05) is 38.5 Å². The summed E-state index contributed by atoms with van der Waals surface area (Å²) in [5.41, 5.74) is -0.473. The van der Waals surface area contributed by atoms with Gasteiger partial charge < -0.3 is 10.2 Å². The van der Waals surface area contributed by atoms with Gasteiger partial charge >= 0.3 is 0 Å². The Kier molecular flexibility index (Phi) is 5.73. The minimum absolute atomic E-state index is 0.0639. The van der Waals surface area contributed by atoms with Crippen LogP contribution in [0.3, 0.4) is 0 Å². The lowest BCUT2D eigenvalue weighted by Crippen LogP contribution is -2.46. The molecule has 0 aliphatic carbocycles. The molecular weight excluding hydrogens is 395 g/mol. The van der Waals surface area contributed by atoms with Gasteiger partial charge in [0.25, 0.3) is 5.91 Å². The van der Waals surface area contributed by atoms with E-state index in [0.717, 1.165) is 6.07 Å². The number of nitrogens with one attached hydrogen (secondary N) is 1. The van der Waals surface area contributed by atoms with E-state index in [4.69, 9.17) is 0 Å². The Bertz CT molecular complexity index is 989. The summed E-state index contributed by atoms with van der Waals surface area (Å²) in [6, 6.07) is 6.82. The van der Waals surface area contributed by atoms with Crippen molar-refractivity contribution in [2.45, 2.75) is 4.90 Å². The number of carbonyl (C=O) groups excluding carboxylic acids is 1. The summed E-state index contributed by atoms with van der Waals surface area (Å²) in [4.78, 5) is 14.2. The Morgan fingerprint density at radius 2 is 1.54 bits per heavy atom. The van der Waals surface area contributed by atoms with E-state index in [1.165, 1.54) is 28.6 Å². The van der Waals surface area contributed by atoms with Crippen LogP contribution in [0.4, 0.5) is 18.9 Å². The normalized spacial score (nSPS) is 16.1. The van der Waals surface area contributed by atoms with Crippen LogP contribution in [0.2, 0.25) is 0 Å². The fraction of sp³-hybridized carbons (Fsp3) is 0.278. The Hall–Kier alpha value is -2.43. The summed E-state index contributed by atoms with van der Waals surface area (Å²) in [5, 5.41) is 2.33. The second-order valence-electron chi connectivity index (χ2n) is 6.41. The third-order valence-electron chi connectivity index (χ3n) is 4.49. The average Bonchev–Trinajstić information content (AvgIpc) is 2.67. The van der Waals surface area contributed by atoms with Gasteiger partial charge in [-0.25, -0.2) is 21.6 Å². The maximum Gasteiger partial charge on any atom is 0.258 e. The zero-order valence-corrected chi connectivity index (χ0v) is 15.8. The molecule has 0 unspecified atom stereocenters. The number of hydrogen-bond donors (Lipinski definition) is 1. The number of carbonyl (C=O) groups is 1. The number of hydrogen-bond acceptors (Lipinski definition) is 4. The van der Waals surface area contributed by atoms with Gasteiger partial charge in [0.2, 0.25) is 10.0 Å². The highest BCUT2D eigenvalue weighted by atomic mass is 32.2. The molecule has 1 N–H and O–H groups in total. The van der Waals surface area contributed by atoms with E-state index in [0.29, 0.717) is 32.2 Å². The van der Waals surface area contributed by atoms with Crippen molar-refractivity contribution in [1.29, 1.82) is 0 Å². The topological polar surface area (TPSA) is 69.7 Å². The molecule has 0 aromatic heterocycles. The van der Waals surface area contributed by atoms with E-state index < -0.39 is 38.9 Å². The van der Waals surface area contributed by atoms with E-state index in [1.54, 1.807) is 0 Å². The van der Waals surface area contributed by atoms with Crippen LogP contribution in [0.25, 0.3) is 0 Å². The van der Waals surface area contributed by atoms with Gasteiger partial charge in [0.15, 0.2) is 17.5 Å². The van der Waals surface area contributed by atoms with Crippen LogP contribution >= 0.6 is 0 Å². The van der Waals surface area contributed by atoms with E-state index in [-0.39, 0.29) is 10.6 Å². The molecule has 3 rings (SSSR count).